The molecular weight excluding hydrogens is 246 g/mol. The van der Waals surface area contributed by atoms with Gasteiger partial charge in [0, 0.05) is 30.2 Å². The van der Waals surface area contributed by atoms with Crippen LogP contribution in [0.25, 0.3) is 0 Å². The van der Waals surface area contributed by atoms with E-state index in [0.29, 0.717) is 12.5 Å². The van der Waals surface area contributed by atoms with E-state index in [9.17, 15) is 10.1 Å². The van der Waals surface area contributed by atoms with Crippen molar-refractivity contribution in [3.8, 4) is 5.75 Å². The summed E-state index contributed by atoms with van der Waals surface area (Å²) in [7, 11) is 0. The van der Waals surface area contributed by atoms with E-state index in [2.05, 4.69) is 4.99 Å². The van der Waals surface area contributed by atoms with Gasteiger partial charge in [0.1, 0.15) is 5.75 Å². The molecule has 1 aliphatic rings. The second-order valence-electron chi connectivity index (χ2n) is 4.39. The molecule has 0 aliphatic carbocycles. The van der Waals surface area contributed by atoms with Gasteiger partial charge < -0.3 is 9.64 Å². The SMILES string of the molecule is CC1=NC=CN(COc2ccc([N+](=O)[O-])cc2C)C1. The Bertz CT molecular complexity index is 552. The first kappa shape index (κ1) is 13.1. The number of aryl methyl sites for hydroxylation is 1. The molecule has 19 heavy (non-hydrogen) atoms. The maximum Gasteiger partial charge on any atom is 0.269 e. The molecule has 0 atom stereocenters. The fourth-order valence-electron chi connectivity index (χ4n) is 1.79. The van der Waals surface area contributed by atoms with Crippen molar-refractivity contribution in [3.05, 3.63) is 46.3 Å². The van der Waals surface area contributed by atoms with Gasteiger partial charge >= 0.3 is 0 Å². The van der Waals surface area contributed by atoms with E-state index in [1.54, 1.807) is 19.2 Å². The molecule has 6 nitrogen and oxygen atoms in total. The molecule has 1 aromatic rings. The summed E-state index contributed by atoms with van der Waals surface area (Å²) in [5, 5.41) is 10.6. The average Bonchev–Trinajstić information content (AvgIpc) is 2.37. The highest BCUT2D eigenvalue weighted by Gasteiger charge is 2.10. The number of non-ortho nitro benzene ring substituents is 1. The molecule has 0 aromatic heterocycles. The van der Waals surface area contributed by atoms with Gasteiger partial charge in [0.05, 0.1) is 11.5 Å². The number of rotatable bonds is 4. The molecule has 0 spiro atoms. The normalized spacial score (nSPS) is 14.2. The molecule has 1 aliphatic heterocycles. The number of nitro benzene ring substituents is 1. The Morgan fingerprint density at radius 3 is 2.89 bits per heavy atom. The molecule has 0 saturated carbocycles. The molecule has 0 N–H and O–H groups in total. The van der Waals surface area contributed by atoms with Crippen LogP contribution in [0.4, 0.5) is 5.69 Å². The molecule has 1 aromatic carbocycles. The van der Waals surface area contributed by atoms with Gasteiger partial charge in [0.25, 0.3) is 5.69 Å². The van der Waals surface area contributed by atoms with Crippen LogP contribution >= 0.6 is 0 Å². The van der Waals surface area contributed by atoms with Crippen molar-refractivity contribution in [2.45, 2.75) is 13.8 Å². The molecule has 0 amide bonds. The number of hydrogen-bond donors (Lipinski definition) is 0. The van der Waals surface area contributed by atoms with E-state index in [1.165, 1.54) is 12.1 Å². The van der Waals surface area contributed by atoms with Gasteiger partial charge in [-0.1, -0.05) is 0 Å². The minimum absolute atomic E-state index is 0.0747. The van der Waals surface area contributed by atoms with Crippen molar-refractivity contribution in [3.63, 3.8) is 0 Å². The lowest BCUT2D eigenvalue weighted by Crippen LogP contribution is -2.29. The summed E-state index contributed by atoms with van der Waals surface area (Å²) in [6.45, 7) is 4.86. The van der Waals surface area contributed by atoms with Crippen LogP contribution in [0.1, 0.15) is 12.5 Å². The van der Waals surface area contributed by atoms with Crippen LogP contribution in [0.3, 0.4) is 0 Å². The van der Waals surface area contributed by atoms with Gasteiger partial charge in [-0.15, -0.1) is 0 Å². The van der Waals surface area contributed by atoms with Gasteiger partial charge in [-0.2, -0.15) is 0 Å². The number of hydrogen-bond acceptors (Lipinski definition) is 5. The fraction of sp³-hybridized carbons (Fsp3) is 0.308. The molecule has 0 fully saturated rings. The minimum Gasteiger partial charge on any atom is -0.473 e. The highest BCUT2D eigenvalue weighted by Crippen LogP contribution is 2.23. The average molecular weight is 261 g/mol. The van der Waals surface area contributed by atoms with Gasteiger partial charge in [0.2, 0.25) is 0 Å². The van der Waals surface area contributed by atoms with Crippen LogP contribution in [0.15, 0.2) is 35.6 Å². The van der Waals surface area contributed by atoms with Crippen LogP contribution in [0.5, 0.6) is 5.75 Å². The zero-order valence-electron chi connectivity index (χ0n) is 10.9. The number of ether oxygens (including phenoxy) is 1. The van der Waals surface area contributed by atoms with Gasteiger partial charge in [-0.3, -0.25) is 15.1 Å². The number of nitro groups is 1. The van der Waals surface area contributed by atoms with Crippen molar-refractivity contribution in [2.75, 3.05) is 13.3 Å². The summed E-state index contributed by atoms with van der Waals surface area (Å²) in [5.74, 6) is 0.652. The van der Waals surface area contributed by atoms with Crippen LogP contribution in [-0.2, 0) is 0 Å². The molecule has 1 heterocycles. The van der Waals surface area contributed by atoms with Crippen molar-refractivity contribution >= 4 is 11.4 Å². The fourth-order valence-corrected chi connectivity index (χ4v) is 1.79. The first-order chi connectivity index (χ1) is 9.06. The first-order valence-corrected chi connectivity index (χ1v) is 5.88. The van der Waals surface area contributed by atoms with E-state index in [4.69, 9.17) is 4.74 Å². The Balaban J connectivity index is 1.98. The lowest BCUT2D eigenvalue weighted by atomic mass is 10.2. The third kappa shape index (κ3) is 3.31. The second kappa shape index (κ2) is 5.51. The third-order valence-electron chi connectivity index (χ3n) is 2.76. The molecule has 100 valence electrons. The zero-order valence-corrected chi connectivity index (χ0v) is 10.9. The smallest absolute Gasteiger partial charge is 0.269 e. The highest BCUT2D eigenvalue weighted by atomic mass is 16.6. The highest BCUT2D eigenvalue weighted by molar-refractivity contribution is 5.85. The molecule has 0 bridgehead atoms. The summed E-state index contributed by atoms with van der Waals surface area (Å²) in [6.07, 6.45) is 3.58. The van der Waals surface area contributed by atoms with E-state index < -0.39 is 4.92 Å². The van der Waals surface area contributed by atoms with E-state index in [0.717, 1.165) is 17.8 Å². The monoisotopic (exact) mass is 261 g/mol. The molecule has 0 radical (unpaired) electrons. The molecule has 2 rings (SSSR count). The summed E-state index contributed by atoms with van der Waals surface area (Å²) < 4.78 is 5.66. The first-order valence-electron chi connectivity index (χ1n) is 5.88. The van der Waals surface area contributed by atoms with Gasteiger partial charge in [0.15, 0.2) is 6.73 Å². The Kier molecular flexibility index (Phi) is 3.79. The lowest BCUT2D eigenvalue weighted by Gasteiger charge is -2.22. The number of benzene rings is 1. The number of nitrogens with zero attached hydrogens (tertiary/aromatic N) is 3. The topological polar surface area (TPSA) is 68.0 Å². The summed E-state index contributed by atoms with van der Waals surface area (Å²) in [6, 6.07) is 4.58. The predicted octanol–water partition coefficient (Wildman–Crippen LogP) is 2.49. The quantitative estimate of drug-likeness (QED) is 0.616. The zero-order chi connectivity index (χ0) is 13.8. The molecule has 0 unspecified atom stereocenters. The maximum absolute atomic E-state index is 10.6. The molecule has 0 saturated heterocycles. The Morgan fingerprint density at radius 2 is 2.26 bits per heavy atom. The minimum atomic E-state index is -0.413. The summed E-state index contributed by atoms with van der Waals surface area (Å²) >= 11 is 0. The van der Waals surface area contributed by atoms with Crippen LogP contribution < -0.4 is 4.74 Å². The predicted molar refractivity (Wildman–Crippen MR) is 72.3 cm³/mol. The van der Waals surface area contributed by atoms with Crippen molar-refractivity contribution < 1.29 is 9.66 Å². The van der Waals surface area contributed by atoms with Crippen molar-refractivity contribution in [1.82, 2.24) is 4.90 Å². The van der Waals surface area contributed by atoms with E-state index in [1.807, 2.05) is 18.0 Å². The standard InChI is InChI=1S/C13H15N3O3/c1-10-7-12(16(17)18)3-4-13(10)19-9-15-6-5-14-11(2)8-15/h3-7H,8-9H2,1-2H3. The Labute approximate surface area is 111 Å². The molecular formula is C13H15N3O3. The maximum atomic E-state index is 10.6. The van der Waals surface area contributed by atoms with Crippen LogP contribution in [0, 0.1) is 17.0 Å². The van der Waals surface area contributed by atoms with Crippen molar-refractivity contribution in [2.24, 2.45) is 4.99 Å². The second-order valence-corrected chi connectivity index (χ2v) is 4.39. The Hall–Kier alpha value is -2.37. The van der Waals surface area contributed by atoms with E-state index in [-0.39, 0.29) is 5.69 Å². The summed E-state index contributed by atoms with van der Waals surface area (Å²) in [5.41, 5.74) is 1.85. The number of aliphatic imine (C=N–C) groups is 1. The largest absolute Gasteiger partial charge is 0.473 e. The van der Waals surface area contributed by atoms with Gasteiger partial charge in [-0.05, 0) is 25.5 Å². The Morgan fingerprint density at radius 1 is 1.47 bits per heavy atom. The lowest BCUT2D eigenvalue weighted by molar-refractivity contribution is -0.384. The van der Waals surface area contributed by atoms with E-state index >= 15 is 0 Å². The molecule has 6 heteroatoms. The third-order valence-corrected chi connectivity index (χ3v) is 2.76. The van der Waals surface area contributed by atoms with Gasteiger partial charge in [-0.25, -0.2) is 0 Å². The van der Waals surface area contributed by atoms with Crippen LogP contribution in [0.2, 0.25) is 0 Å². The van der Waals surface area contributed by atoms with Crippen molar-refractivity contribution in [1.29, 1.82) is 0 Å². The van der Waals surface area contributed by atoms with Crippen LogP contribution in [-0.4, -0.2) is 28.8 Å². The summed E-state index contributed by atoms with van der Waals surface area (Å²) in [4.78, 5) is 16.4.